The Balaban J connectivity index is 2.38. The molecule has 2 rings (SSSR count). The molecule has 0 aromatic heterocycles. The standard InChI is InChI=1S/C16H25NO2/c1-5-8-17-15-12-9-11(6-2)10-14(18-4)16(12)19-13(15)7-3/h9-10,13,15,17H,5-8H2,1-4H3. The van der Waals surface area contributed by atoms with Gasteiger partial charge in [0.2, 0.25) is 0 Å². The molecule has 106 valence electrons. The first kappa shape index (κ1) is 14.2. The minimum absolute atomic E-state index is 0.211. The smallest absolute Gasteiger partial charge is 0.166 e. The van der Waals surface area contributed by atoms with Gasteiger partial charge in [0.1, 0.15) is 6.10 Å². The first-order valence-corrected chi connectivity index (χ1v) is 7.35. The fourth-order valence-electron chi connectivity index (χ4n) is 2.68. The molecular weight excluding hydrogens is 238 g/mol. The average molecular weight is 263 g/mol. The summed E-state index contributed by atoms with van der Waals surface area (Å²) < 4.78 is 11.6. The third-order valence-corrected chi connectivity index (χ3v) is 3.76. The number of aryl methyl sites for hydroxylation is 1. The highest BCUT2D eigenvalue weighted by atomic mass is 16.5. The fraction of sp³-hybridized carbons (Fsp3) is 0.625. The van der Waals surface area contributed by atoms with E-state index in [1.54, 1.807) is 7.11 Å². The van der Waals surface area contributed by atoms with Gasteiger partial charge in [0, 0.05) is 5.56 Å². The quantitative estimate of drug-likeness (QED) is 0.852. The molecule has 0 saturated heterocycles. The molecular formula is C16H25NO2. The summed E-state index contributed by atoms with van der Waals surface area (Å²) in [6.07, 6.45) is 3.36. The summed E-state index contributed by atoms with van der Waals surface area (Å²) in [5.74, 6) is 1.80. The average Bonchev–Trinajstić information content (AvgIpc) is 2.81. The van der Waals surface area contributed by atoms with E-state index in [9.17, 15) is 0 Å². The normalized spacial score (nSPS) is 21.1. The Bertz CT molecular complexity index is 431. The number of nitrogens with one attached hydrogen (secondary N) is 1. The molecule has 1 aromatic rings. The Morgan fingerprint density at radius 2 is 2.05 bits per heavy atom. The maximum absolute atomic E-state index is 6.10. The summed E-state index contributed by atoms with van der Waals surface area (Å²) >= 11 is 0. The van der Waals surface area contributed by atoms with E-state index >= 15 is 0 Å². The molecule has 0 spiro atoms. The lowest BCUT2D eigenvalue weighted by atomic mass is 9.98. The topological polar surface area (TPSA) is 30.5 Å². The van der Waals surface area contributed by atoms with E-state index < -0.39 is 0 Å². The van der Waals surface area contributed by atoms with Crippen molar-refractivity contribution < 1.29 is 9.47 Å². The molecule has 0 radical (unpaired) electrons. The highest BCUT2D eigenvalue weighted by molar-refractivity contribution is 5.53. The summed E-state index contributed by atoms with van der Waals surface area (Å²) in [7, 11) is 1.71. The number of methoxy groups -OCH3 is 1. The molecule has 1 heterocycles. The second-order valence-electron chi connectivity index (χ2n) is 5.07. The van der Waals surface area contributed by atoms with Gasteiger partial charge in [-0.3, -0.25) is 0 Å². The first-order valence-electron chi connectivity index (χ1n) is 7.35. The van der Waals surface area contributed by atoms with Crippen LogP contribution in [0.15, 0.2) is 12.1 Å². The first-order chi connectivity index (χ1) is 9.24. The van der Waals surface area contributed by atoms with E-state index in [4.69, 9.17) is 9.47 Å². The molecule has 0 bridgehead atoms. The number of rotatable bonds is 6. The van der Waals surface area contributed by atoms with Gasteiger partial charge in [-0.05, 0) is 37.4 Å². The lowest BCUT2D eigenvalue weighted by Crippen LogP contribution is -2.31. The molecule has 0 amide bonds. The Labute approximate surface area is 116 Å². The maximum Gasteiger partial charge on any atom is 0.166 e. The van der Waals surface area contributed by atoms with Crippen molar-refractivity contribution in [2.45, 2.75) is 52.2 Å². The zero-order valence-corrected chi connectivity index (χ0v) is 12.5. The van der Waals surface area contributed by atoms with Crippen molar-refractivity contribution in [2.24, 2.45) is 0 Å². The number of ether oxygens (including phenoxy) is 2. The summed E-state index contributed by atoms with van der Waals surface area (Å²) in [6.45, 7) is 7.55. The van der Waals surface area contributed by atoms with Gasteiger partial charge in [0.05, 0.1) is 13.2 Å². The van der Waals surface area contributed by atoms with Gasteiger partial charge in [-0.1, -0.05) is 26.8 Å². The van der Waals surface area contributed by atoms with Crippen molar-refractivity contribution in [2.75, 3.05) is 13.7 Å². The van der Waals surface area contributed by atoms with Gasteiger partial charge < -0.3 is 14.8 Å². The van der Waals surface area contributed by atoms with Crippen molar-refractivity contribution in [1.82, 2.24) is 5.32 Å². The van der Waals surface area contributed by atoms with Gasteiger partial charge in [-0.2, -0.15) is 0 Å². The van der Waals surface area contributed by atoms with Crippen molar-refractivity contribution in [3.63, 3.8) is 0 Å². The largest absolute Gasteiger partial charge is 0.493 e. The van der Waals surface area contributed by atoms with E-state index in [1.807, 2.05) is 0 Å². The predicted octanol–water partition coefficient (Wildman–Crippen LogP) is 3.47. The molecule has 1 aromatic carbocycles. The van der Waals surface area contributed by atoms with E-state index in [0.717, 1.165) is 37.3 Å². The Morgan fingerprint density at radius 3 is 2.63 bits per heavy atom. The highest BCUT2D eigenvalue weighted by Gasteiger charge is 2.35. The minimum Gasteiger partial charge on any atom is -0.493 e. The highest BCUT2D eigenvalue weighted by Crippen LogP contribution is 2.45. The molecule has 3 heteroatoms. The van der Waals surface area contributed by atoms with Gasteiger partial charge in [0.25, 0.3) is 0 Å². The van der Waals surface area contributed by atoms with Crippen LogP contribution in [0, 0.1) is 0 Å². The van der Waals surface area contributed by atoms with Gasteiger partial charge in [0.15, 0.2) is 11.5 Å². The van der Waals surface area contributed by atoms with E-state index in [0.29, 0.717) is 6.04 Å². The van der Waals surface area contributed by atoms with Crippen molar-refractivity contribution in [1.29, 1.82) is 0 Å². The van der Waals surface area contributed by atoms with Gasteiger partial charge in [-0.15, -0.1) is 0 Å². The molecule has 2 unspecified atom stereocenters. The van der Waals surface area contributed by atoms with E-state index in [-0.39, 0.29) is 6.10 Å². The molecule has 3 nitrogen and oxygen atoms in total. The van der Waals surface area contributed by atoms with E-state index in [2.05, 4.69) is 38.2 Å². The second kappa shape index (κ2) is 6.29. The van der Waals surface area contributed by atoms with E-state index in [1.165, 1.54) is 11.1 Å². The Hall–Kier alpha value is -1.22. The van der Waals surface area contributed by atoms with Crippen LogP contribution >= 0.6 is 0 Å². The van der Waals surface area contributed by atoms with Crippen molar-refractivity contribution >= 4 is 0 Å². The van der Waals surface area contributed by atoms with Crippen LogP contribution in [-0.4, -0.2) is 19.8 Å². The molecule has 0 saturated carbocycles. The van der Waals surface area contributed by atoms with Gasteiger partial charge >= 0.3 is 0 Å². The van der Waals surface area contributed by atoms with Crippen LogP contribution in [0.25, 0.3) is 0 Å². The zero-order chi connectivity index (χ0) is 13.8. The Kier molecular flexibility index (Phi) is 4.70. The third kappa shape index (κ3) is 2.71. The van der Waals surface area contributed by atoms with Crippen molar-refractivity contribution in [3.05, 3.63) is 23.3 Å². The van der Waals surface area contributed by atoms with Gasteiger partial charge in [-0.25, -0.2) is 0 Å². The summed E-state index contributed by atoms with van der Waals surface area (Å²) in [5.41, 5.74) is 2.57. The number of fused-ring (bicyclic) bond motifs is 1. The fourth-order valence-corrected chi connectivity index (χ4v) is 2.68. The zero-order valence-electron chi connectivity index (χ0n) is 12.5. The summed E-state index contributed by atoms with van der Waals surface area (Å²) in [4.78, 5) is 0. The molecule has 2 atom stereocenters. The van der Waals surface area contributed by atoms with Crippen LogP contribution in [0.3, 0.4) is 0 Å². The molecule has 0 fully saturated rings. The monoisotopic (exact) mass is 263 g/mol. The minimum atomic E-state index is 0.211. The second-order valence-corrected chi connectivity index (χ2v) is 5.07. The van der Waals surface area contributed by atoms with Crippen LogP contribution in [0.1, 0.15) is 50.8 Å². The lowest BCUT2D eigenvalue weighted by molar-refractivity contribution is 0.180. The van der Waals surface area contributed by atoms with Crippen LogP contribution in [-0.2, 0) is 6.42 Å². The SMILES string of the molecule is CCCNC1c2cc(CC)cc(OC)c2OC1CC. The molecule has 1 aliphatic heterocycles. The lowest BCUT2D eigenvalue weighted by Gasteiger charge is -2.18. The van der Waals surface area contributed by atoms with Crippen LogP contribution in [0.5, 0.6) is 11.5 Å². The maximum atomic E-state index is 6.10. The summed E-state index contributed by atoms with van der Waals surface area (Å²) in [6, 6.07) is 4.65. The number of hydrogen-bond acceptors (Lipinski definition) is 3. The predicted molar refractivity (Wildman–Crippen MR) is 78.1 cm³/mol. The Morgan fingerprint density at radius 1 is 1.26 bits per heavy atom. The number of benzene rings is 1. The van der Waals surface area contributed by atoms with Crippen LogP contribution in [0.2, 0.25) is 0 Å². The molecule has 1 aliphatic rings. The van der Waals surface area contributed by atoms with Crippen LogP contribution < -0.4 is 14.8 Å². The summed E-state index contributed by atoms with van der Waals surface area (Å²) in [5, 5.41) is 3.61. The third-order valence-electron chi connectivity index (χ3n) is 3.76. The molecule has 0 aliphatic carbocycles. The van der Waals surface area contributed by atoms with Crippen LogP contribution in [0.4, 0.5) is 0 Å². The van der Waals surface area contributed by atoms with Crippen molar-refractivity contribution in [3.8, 4) is 11.5 Å². The number of hydrogen-bond donors (Lipinski definition) is 1. The molecule has 19 heavy (non-hydrogen) atoms. The molecule has 1 N–H and O–H groups in total.